The van der Waals surface area contributed by atoms with E-state index in [1.165, 1.54) is 0 Å². The van der Waals surface area contributed by atoms with Crippen LogP contribution in [0.15, 0.2) is 0 Å². The molecule has 18 nitrogen and oxygen atoms in total. The summed E-state index contributed by atoms with van der Waals surface area (Å²) in [7, 11) is -15.5. The number of hydrogen-bond acceptors (Lipinski definition) is 12. The quantitative estimate of drug-likeness (QED) is 0.215. The van der Waals surface area contributed by atoms with E-state index >= 15 is 0 Å². The van der Waals surface area contributed by atoms with Gasteiger partial charge in [0.05, 0.1) is 0 Å². The molecule has 0 heterocycles. The summed E-state index contributed by atoms with van der Waals surface area (Å²) < 4.78 is 102. The zero-order valence-corrected chi connectivity index (χ0v) is 16.2. The van der Waals surface area contributed by atoms with Crippen LogP contribution >= 0.6 is 0 Å². The molecule has 0 atom stereocenters. The summed E-state index contributed by atoms with van der Waals surface area (Å²) in [6.45, 7) is 0. The monoisotopic (exact) mass is 536 g/mol. The molecule has 0 unspecified atom stereocenters. The van der Waals surface area contributed by atoms with E-state index in [-0.39, 0.29) is 76.0 Å². The van der Waals surface area contributed by atoms with Crippen LogP contribution in [0.25, 0.3) is 0 Å². The van der Waals surface area contributed by atoms with Crippen molar-refractivity contribution in [3.05, 3.63) is 0 Å². The van der Waals surface area contributed by atoms with Crippen molar-refractivity contribution in [2.75, 3.05) is 0 Å². The largest absolute Gasteiger partial charge is 4.00 e. The Morgan fingerprint density at radius 1 is 0.409 bits per heavy atom. The van der Waals surface area contributed by atoms with Crippen LogP contribution in [-0.2, 0) is 31.2 Å². The summed E-state index contributed by atoms with van der Waals surface area (Å²) in [5.74, 6) is 0. The molecule has 0 amide bonds. The Morgan fingerprint density at radius 2 is 0.409 bits per heavy atom. The minimum absolute atomic E-state index is 0. The molecule has 144 valence electrons. The van der Waals surface area contributed by atoms with Crippen LogP contribution in [0.2, 0.25) is 0 Å². The summed E-state index contributed by atoms with van der Waals surface area (Å²) in [5.41, 5.74) is 0. The van der Waals surface area contributed by atoms with E-state index in [0.29, 0.717) is 0 Å². The molecule has 0 aromatic heterocycles. The minimum Gasteiger partial charge on any atom is -0.759 e. The standard InChI is InChI=1S/Ce.2H3N.3H2O4S.4H2O/c;;;3*1-5(2,3)4;;;;/h;2*1H3;3*(H2,1,2,3,4);4*1H2/q+4;;;;;;;;;/p-4. The molecule has 0 radical (unpaired) electrons. The third kappa shape index (κ3) is 14500. The first-order valence-electron chi connectivity index (χ1n) is 2.00. The molecule has 16 N–H and O–H groups in total. The van der Waals surface area contributed by atoms with Gasteiger partial charge >= 0.3 is 41.7 Å². The van der Waals surface area contributed by atoms with Crippen LogP contribution in [0.1, 0.15) is 0 Å². The number of quaternary nitrogens is 2. The van der Waals surface area contributed by atoms with Gasteiger partial charge in [-0.2, -0.15) is 0 Å². The molecule has 0 aliphatic carbocycles. The fraction of sp³-hybridized carbons (Fsp3) is 0. The van der Waals surface area contributed by atoms with E-state index in [4.69, 9.17) is 52.6 Å². The summed E-state index contributed by atoms with van der Waals surface area (Å²) in [6.07, 6.45) is 0. The Kier molecular flexibility index (Phi) is 80.2. The molecule has 0 aliphatic heterocycles. The first-order chi connectivity index (χ1) is 6.00. The molecule has 22 heteroatoms. The molecule has 0 spiro atoms. The van der Waals surface area contributed by atoms with Crippen molar-refractivity contribution in [2.45, 2.75) is 0 Å². The van der Waals surface area contributed by atoms with Crippen molar-refractivity contribution in [1.82, 2.24) is 12.3 Å². The van der Waals surface area contributed by atoms with Crippen LogP contribution in [0, 0.1) is 41.7 Å². The van der Waals surface area contributed by atoms with Crippen LogP contribution in [0.5, 0.6) is 0 Å². The maximum absolute atomic E-state index is 8.52. The van der Waals surface area contributed by atoms with Gasteiger partial charge in [0.15, 0.2) is 0 Å². The molecule has 0 rings (SSSR count). The van der Waals surface area contributed by atoms with E-state index in [9.17, 15) is 0 Å². The van der Waals surface area contributed by atoms with E-state index in [1.807, 2.05) is 0 Å². The predicted octanol–water partition coefficient (Wildman–Crippen LogP) is -6.56. The second kappa shape index (κ2) is 26.6. The van der Waals surface area contributed by atoms with Crippen LogP contribution < -0.4 is 12.3 Å². The first-order valence-corrected chi connectivity index (χ1v) is 6.00. The molecule has 0 aromatic carbocycles. The maximum Gasteiger partial charge on any atom is 4.00 e. The van der Waals surface area contributed by atoms with Gasteiger partial charge in [-0.05, 0) is 0 Å². The molecule has 0 saturated carbocycles. The molecule has 22 heavy (non-hydrogen) atoms. The van der Waals surface area contributed by atoms with E-state index in [2.05, 4.69) is 0 Å². The minimum atomic E-state index is -5.17. The van der Waals surface area contributed by atoms with Crippen molar-refractivity contribution < 1.29 is 116 Å². The molecule has 0 saturated heterocycles. The Bertz CT molecular complexity index is 348. The summed E-state index contributed by atoms with van der Waals surface area (Å²) in [5, 5.41) is 0. The summed E-state index contributed by atoms with van der Waals surface area (Å²) >= 11 is 0. The topological polar surface area (TPSA) is 440 Å². The SMILES string of the molecule is O.O.O.O.O=S(=O)([O-])[O-].O=S(=O)([O-])[O-].O=S(=O)([O-])[O-].[Ce+4].[NH4+].[NH4+]. The van der Waals surface area contributed by atoms with Crippen molar-refractivity contribution in [3.63, 3.8) is 0 Å². The molecular weight excluding hydrogens is 520 g/mol. The zero-order valence-electron chi connectivity index (χ0n) is 10.6. The van der Waals surface area contributed by atoms with Crippen molar-refractivity contribution in [2.24, 2.45) is 0 Å². The first kappa shape index (κ1) is 66.2. The van der Waals surface area contributed by atoms with Gasteiger partial charge in [-0.15, -0.1) is 0 Å². The Balaban J connectivity index is -0.0000000106. The van der Waals surface area contributed by atoms with Gasteiger partial charge in [0, 0.05) is 31.2 Å². The molecule has 0 bridgehead atoms. The van der Waals surface area contributed by atoms with Gasteiger partial charge in [0.25, 0.3) is 0 Å². The average Bonchev–Trinajstić information content (AvgIpc) is 1.41. The third-order valence-corrected chi connectivity index (χ3v) is 0. The van der Waals surface area contributed by atoms with Crippen LogP contribution in [0.4, 0.5) is 0 Å². The van der Waals surface area contributed by atoms with Crippen molar-refractivity contribution >= 4 is 31.2 Å². The number of rotatable bonds is 0. The molecule has 0 fully saturated rings. The Hall–Kier alpha value is 0.747. The van der Waals surface area contributed by atoms with Gasteiger partial charge < -0.3 is 61.5 Å². The van der Waals surface area contributed by atoms with Gasteiger partial charge in [0.2, 0.25) is 0 Å². The van der Waals surface area contributed by atoms with E-state index in [1.54, 1.807) is 0 Å². The normalized spacial score (nSPS) is 7.91. The van der Waals surface area contributed by atoms with Crippen LogP contribution in [-0.4, -0.2) is 74.5 Å². The van der Waals surface area contributed by atoms with E-state index < -0.39 is 31.2 Å². The van der Waals surface area contributed by atoms with Gasteiger partial charge in [-0.3, -0.25) is 25.3 Å². The van der Waals surface area contributed by atoms with Crippen LogP contribution in [0.3, 0.4) is 0 Å². The zero-order chi connectivity index (χ0) is 13.5. The second-order valence-corrected chi connectivity index (χ2v) is 3.67. The molecular formula is H16CeN2O16S3. The third-order valence-electron chi connectivity index (χ3n) is 0. The summed E-state index contributed by atoms with van der Waals surface area (Å²) in [6, 6.07) is 0. The van der Waals surface area contributed by atoms with Crippen molar-refractivity contribution in [1.29, 1.82) is 0 Å². The van der Waals surface area contributed by atoms with Gasteiger partial charge in [0.1, 0.15) is 0 Å². The van der Waals surface area contributed by atoms with Crippen molar-refractivity contribution in [3.8, 4) is 0 Å². The maximum atomic E-state index is 8.52. The number of hydrogen-bond donors (Lipinski definition) is 2. The van der Waals surface area contributed by atoms with Gasteiger partial charge in [-0.25, -0.2) is 0 Å². The molecule has 0 aliphatic rings. The Labute approximate surface area is 158 Å². The van der Waals surface area contributed by atoms with Gasteiger partial charge in [-0.1, -0.05) is 0 Å². The average molecular weight is 536 g/mol. The predicted molar refractivity (Wildman–Crippen MR) is 57.8 cm³/mol. The second-order valence-electron chi connectivity index (χ2n) is 1.22. The fourth-order valence-electron chi connectivity index (χ4n) is 0. The fourth-order valence-corrected chi connectivity index (χ4v) is 0. The van der Waals surface area contributed by atoms with E-state index in [0.717, 1.165) is 0 Å². The summed E-state index contributed by atoms with van der Waals surface area (Å²) in [4.78, 5) is 0. The smallest absolute Gasteiger partial charge is 0.759 e. The Morgan fingerprint density at radius 3 is 0.409 bits per heavy atom. The molecule has 0 aromatic rings.